The average Bonchev–Trinajstić information content (AvgIpc) is 2.57. The van der Waals surface area contributed by atoms with Crippen LogP contribution in [-0.2, 0) is 11.3 Å². The molecule has 2 rings (SSSR count). The van der Waals surface area contributed by atoms with Crippen molar-refractivity contribution >= 4 is 16.7 Å². The van der Waals surface area contributed by atoms with E-state index >= 15 is 0 Å². The first-order valence-electron chi connectivity index (χ1n) is 4.64. The Kier molecular flexibility index (Phi) is 2.41. The van der Waals surface area contributed by atoms with Gasteiger partial charge >= 0.3 is 0 Å². The second-order valence-corrected chi connectivity index (χ2v) is 3.15. The number of hydrogen-bond donors (Lipinski definition) is 1. The van der Waals surface area contributed by atoms with E-state index in [1.807, 2.05) is 25.1 Å². The summed E-state index contributed by atoms with van der Waals surface area (Å²) in [6, 6.07) is 5.61. The third-order valence-electron chi connectivity index (χ3n) is 2.14. The minimum absolute atomic E-state index is 0.576. The van der Waals surface area contributed by atoms with E-state index in [1.165, 1.54) is 0 Å². The summed E-state index contributed by atoms with van der Waals surface area (Å²) in [4.78, 5) is 0. The van der Waals surface area contributed by atoms with Crippen LogP contribution in [0.25, 0.3) is 11.0 Å². The third kappa shape index (κ3) is 1.59. The molecule has 74 valence electrons. The van der Waals surface area contributed by atoms with Crippen molar-refractivity contribution < 1.29 is 9.15 Å². The van der Waals surface area contributed by atoms with Crippen LogP contribution in [0.5, 0.6) is 0 Å². The smallest absolute Gasteiger partial charge is 0.134 e. The van der Waals surface area contributed by atoms with Gasteiger partial charge in [0.1, 0.15) is 5.58 Å². The number of nitrogens with two attached hydrogens (primary N) is 1. The number of ether oxygens (including phenoxy) is 1. The van der Waals surface area contributed by atoms with E-state index < -0.39 is 0 Å². The second kappa shape index (κ2) is 3.72. The largest absolute Gasteiger partial charge is 0.464 e. The topological polar surface area (TPSA) is 48.4 Å². The number of anilines is 1. The Labute approximate surface area is 82.5 Å². The van der Waals surface area contributed by atoms with E-state index in [4.69, 9.17) is 14.9 Å². The molecule has 3 heteroatoms. The van der Waals surface area contributed by atoms with E-state index in [0.717, 1.165) is 22.2 Å². The highest BCUT2D eigenvalue weighted by molar-refractivity contribution is 5.83. The van der Waals surface area contributed by atoms with Gasteiger partial charge in [0.05, 0.1) is 12.9 Å². The Bertz CT molecular complexity index is 434. The van der Waals surface area contributed by atoms with Gasteiger partial charge < -0.3 is 14.9 Å². The first-order chi connectivity index (χ1) is 6.81. The van der Waals surface area contributed by atoms with Gasteiger partial charge in [-0.3, -0.25) is 0 Å². The first-order valence-corrected chi connectivity index (χ1v) is 4.64. The highest BCUT2D eigenvalue weighted by atomic mass is 16.5. The fourth-order valence-electron chi connectivity index (χ4n) is 1.42. The summed E-state index contributed by atoms with van der Waals surface area (Å²) >= 11 is 0. The zero-order valence-corrected chi connectivity index (χ0v) is 8.12. The quantitative estimate of drug-likeness (QED) is 0.758. The molecular formula is C11H13NO2. The van der Waals surface area contributed by atoms with E-state index in [2.05, 4.69) is 0 Å². The maximum absolute atomic E-state index is 5.70. The monoisotopic (exact) mass is 191 g/mol. The normalized spacial score (nSPS) is 10.9. The van der Waals surface area contributed by atoms with Crippen molar-refractivity contribution in [2.24, 2.45) is 0 Å². The zero-order valence-electron chi connectivity index (χ0n) is 8.12. The lowest BCUT2D eigenvalue weighted by molar-refractivity contribution is 0.134. The fourth-order valence-corrected chi connectivity index (χ4v) is 1.42. The molecule has 0 aliphatic carbocycles. The molecule has 0 spiro atoms. The minimum Gasteiger partial charge on any atom is -0.464 e. The van der Waals surface area contributed by atoms with Gasteiger partial charge in [0.15, 0.2) is 0 Å². The molecule has 0 unspecified atom stereocenters. The van der Waals surface area contributed by atoms with Crippen LogP contribution in [0.4, 0.5) is 5.69 Å². The van der Waals surface area contributed by atoms with Crippen LogP contribution in [0.3, 0.4) is 0 Å². The Balaban J connectivity index is 2.40. The number of nitrogen functional groups attached to an aromatic ring is 1. The molecule has 0 amide bonds. The highest BCUT2D eigenvalue weighted by Gasteiger charge is 2.05. The molecule has 3 nitrogen and oxygen atoms in total. The van der Waals surface area contributed by atoms with Gasteiger partial charge in [0.2, 0.25) is 0 Å². The molecular weight excluding hydrogens is 178 g/mol. The van der Waals surface area contributed by atoms with Gasteiger partial charge in [-0.15, -0.1) is 0 Å². The predicted octanol–water partition coefficient (Wildman–Crippen LogP) is 2.55. The Morgan fingerprint density at radius 1 is 1.43 bits per heavy atom. The lowest BCUT2D eigenvalue weighted by atomic mass is 10.2. The SMILES string of the molecule is CCOCc1coc2ccc(N)cc12. The van der Waals surface area contributed by atoms with Crippen LogP contribution in [0, 0.1) is 0 Å². The Morgan fingerprint density at radius 2 is 2.29 bits per heavy atom. The van der Waals surface area contributed by atoms with E-state index in [1.54, 1.807) is 6.26 Å². The Morgan fingerprint density at radius 3 is 3.07 bits per heavy atom. The molecule has 2 aromatic rings. The summed E-state index contributed by atoms with van der Waals surface area (Å²) in [5.41, 5.74) is 8.35. The minimum atomic E-state index is 0.576. The molecule has 14 heavy (non-hydrogen) atoms. The van der Waals surface area contributed by atoms with Crippen LogP contribution in [0.1, 0.15) is 12.5 Å². The van der Waals surface area contributed by atoms with E-state index in [0.29, 0.717) is 13.2 Å². The average molecular weight is 191 g/mol. The molecule has 2 N–H and O–H groups in total. The summed E-state index contributed by atoms with van der Waals surface area (Å²) in [5, 5.41) is 1.04. The number of benzene rings is 1. The molecule has 0 radical (unpaired) electrons. The summed E-state index contributed by atoms with van der Waals surface area (Å²) in [6.07, 6.45) is 1.72. The summed E-state index contributed by atoms with van der Waals surface area (Å²) in [7, 11) is 0. The molecule has 0 atom stereocenters. The summed E-state index contributed by atoms with van der Waals surface area (Å²) < 4.78 is 10.7. The van der Waals surface area contributed by atoms with Gasteiger partial charge in [0.25, 0.3) is 0 Å². The van der Waals surface area contributed by atoms with Crippen LogP contribution < -0.4 is 5.73 Å². The third-order valence-corrected chi connectivity index (χ3v) is 2.14. The van der Waals surface area contributed by atoms with Crippen molar-refractivity contribution in [2.45, 2.75) is 13.5 Å². The van der Waals surface area contributed by atoms with Gasteiger partial charge in [-0.2, -0.15) is 0 Å². The highest BCUT2D eigenvalue weighted by Crippen LogP contribution is 2.23. The summed E-state index contributed by atoms with van der Waals surface area (Å²) in [5.74, 6) is 0. The molecule has 0 bridgehead atoms. The maximum Gasteiger partial charge on any atom is 0.134 e. The Hall–Kier alpha value is -1.48. The van der Waals surface area contributed by atoms with Gasteiger partial charge in [-0.1, -0.05) is 0 Å². The fraction of sp³-hybridized carbons (Fsp3) is 0.273. The van der Waals surface area contributed by atoms with Crippen molar-refractivity contribution in [3.63, 3.8) is 0 Å². The molecule has 0 saturated heterocycles. The molecule has 1 heterocycles. The lowest BCUT2D eigenvalue weighted by Gasteiger charge is -1.98. The molecule has 0 fully saturated rings. The van der Waals surface area contributed by atoms with E-state index in [-0.39, 0.29) is 0 Å². The zero-order chi connectivity index (χ0) is 9.97. The van der Waals surface area contributed by atoms with Crippen LogP contribution in [-0.4, -0.2) is 6.61 Å². The molecule has 0 aliphatic heterocycles. The van der Waals surface area contributed by atoms with Gasteiger partial charge in [-0.05, 0) is 25.1 Å². The van der Waals surface area contributed by atoms with Crippen LogP contribution >= 0.6 is 0 Å². The van der Waals surface area contributed by atoms with Crippen molar-refractivity contribution in [3.8, 4) is 0 Å². The van der Waals surface area contributed by atoms with Crippen molar-refractivity contribution in [1.29, 1.82) is 0 Å². The van der Waals surface area contributed by atoms with Crippen LogP contribution in [0.2, 0.25) is 0 Å². The van der Waals surface area contributed by atoms with Gasteiger partial charge in [-0.25, -0.2) is 0 Å². The number of fused-ring (bicyclic) bond motifs is 1. The van der Waals surface area contributed by atoms with Crippen LogP contribution in [0.15, 0.2) is 28.9 Å². The van der Waals surface area contributed by atoms with Crippen molar-refractivity contribution in [1.82, 2.24) is 0 Å². The van der Waals surface area contributed by atoms with Gasteiger partial charge in [0, 0.05) is 23.2 Å². The number of hydrogen-bond acceptors (Lipinski definition) is 3. The molecule has 1 aromatic carbocycles. The maximum atomic E-state index is 5.70. The number of rotatable bonds is 3. The second-order valence-electron chi connectivity index (χ2n) is 3.15. The van der Waals surface area contributed by atoms with Crippen molar-refractivity contribution in [3.05, 3.63) is 30.0 Å². The summed E-state index contributed by atoms with van der Waals surface area (Å²) in [6.45, 7) is 3.25. The molecule has 0 saturated carbocycles. The predicted molar refractivity (Wildman–Crippen MR) is 56.0 cm³/mol. The molecule has 0 aliphatic rings. The number of furan rings is 1. The first kappa shape index (κ1) is 9.09. The van der Waals surface area contributed by atoms with E-state index in [9.17, 15) is 0 Å². The lowest BCUT2D eigenvalue weighted by Crippen LogP contribution is -1.90. The van der Waals surface area contributed by atoms with Crippen molar-refractivity contribution in [2.75, 3.05) is 12.3 Å². The standard InChI is InChI=1S/C11H13NO2/c1-2-13-6-8-7-14-11-4-3-9(12)5-10(8)11/h3-5,7H,2,6,12H2,1H3. The molecule has 1 aromatic heterocycles.